The SMILES string of the molecule is CC(C)c1ccc(C(=O)OOC(=O)c2ccc(C(C)C)cc2)cc1. The minimum Gasteiger partial charge on any atom is -0.242 e. The van der Waals surface area contributed by atoms with Crippen LogP contribution in [0.3, 0.4) is 0 Å². The van der Waals surface area contributed by atoms with Gasteiger partial charge in [0.2, 0.25) is 0 Å². The molecule has 0 aliphatic rings. The molecule has 0 saturated carbocycles. The van der Waals surface area contributed by atoms with Crippen LogP contribution in [0.4, 0.5) is 0 Å². The summed E-state index contributed by atoms with van der Waals surface area (Å²) >= 11 is 0. The van der Waals surface area contributed by atoms with Crippen molar-refractivity contribution in [3.05, 3.63) is 70.8 Å². The second-order valence-electron chi connectivity index (χ2n) is 6.29. The second kappa shape index (κ2) is 7.77. The van der Waals surface area contributed by atoms with Gasteiger partial charge in [0.05, 0.1) is 11.1 Å². The molecule has 0 fully saturated rings. The van der Waals surface area contributed by atoms with E-state index in [0.717, 1.165) is 11.1 Å². The minimum atomic E-state index is -0.697. The van der Waals surface area contributed by atoms with Crippen molar-refractivity contribution in [2.24, 2.45) is 0 Å². The zero-order chi connectivity index (χ0) is 17.7. The fourth-order valence-corrected chi connectivity index (χ4v) is 2.18. The zero-order valence-corrected chi connectivity index (χ0v) is 14.4. The summed E-state index contributed by atoms with van der Waals surface area (Å²) in [5, 5.41) is 0. The van der Waals surface area contributed by atoms with Crippen molar-refractivity contribution in [1.29, 1.82) is 0 Å². The van der Waals surface area contributed by atoms with Crippen LogP contribution >= 0.6 is 0 Å². The van der Waals surface area contributed by atoms with Gasteiger partial charge in [0, 0.05) is 0 Å². The predicted molar refractivity (Wildman–Crippen MR) is 91.9 cm³/mol. The highest BCUT2D eigenvalue weighted by molar-refractivity contribution is 5.92. The Hall–Kier alpha value is -2.62. The topological polar surface area (TPSA) is 52.6 Å². The summed E-state index contributed by atoms with van der Waals surface area (Å²) in [4.78, 5) is 33.1. The molecule has 24 heavy (non-hydrogen) atoms. The summed E-state index contributed by atoms with van der Waals surface area (Å²) in [6, 6.07) is 14.0. The van der Waals surface area contributed by atoms with Gasteiger partial charge >= 0.3 is 11.9 Å². The van der Waals surface area contributed by atoms with E-state index < -0.39 is 11.9 Å². The van der Waals surface area contributed by atoms with Crippen LogP contribution in [-0.2, 0) is 9.78 Å². The van der Waals surface area contributed by atoms with Gasteiger partial charge in [-0.15, -0.1) is 0 Å². The van der Waals surface area contributed by atoms with Gasteiger partial charge in [-0.1, -0.05) is 52.0 Å². The fraction of sp³-hybridized carbons (Fsp3) is 0.300. The third-order valence-electron chi connectivity index (χ3n) is 3.82. The number of carbonyl (C=O) groups excluding carboxylic acids is 2. The monoisotopic (exact) mass is 326 g/mol. The average molecular weight is 326 g/mol. The average Bonchev–Trinajstić information content (AvgIpc) is 2.59. The maximum atomic E-state index is 11.9. The lowest BCUT2D eigenvalue weighted by Gasteiger charge is -2.07. The Morgan fingerprint density at radius 3 is 1.17 bits per heavy atom. The lowest BCUT2D eigenvalue weighted by Crippen LogP contribution is -2.12. The van der Waals surface area contributed by atoms with Crippen LogP contribution in [0, 0.1) is 0 Å². The van der Waals surface area contributed by atoms with Crippen molar-refractivity contribution in [2.45, 2.75) is 39.5 Å². The quantitative estimate of drug-likeness (QED) is 0.594. The molecule has 2 rings (SSSR count). The Bertz CT molecular complexity index is 634. The molecule has 2 aromatic carbocycles. The van der Waals surface area contributed by atoms with Crippen molar-refractivity contribution < 1.29 is 19.4 Å². The van der Waals surface area contributed by atoms with Gasteiger partial charge in [-0.25, -0.2) is 19.4 Å². The first kappa shape index (κ1) is 17.7. The van der Waals surface area contributed by atoms with Gasteiger partial charge < -0.3 is 0 Å². The summed E-state index contributed by atoms with van der Waals surface area (Å²) in [6.07, 6.45) is 0. The van der Waals surface area contributed by atoms with Gasteiger partial charge in [-0.3, -0.25) is 0 Å². The molecule has 0 amide bonds. The molecule has 0 atom stereocenters. The molecule has 4 heteroatoms. The molecule has 0 aliphatic carbocycles. The lowest BCUT2D eigenvalue weighted by atomic mass is 10.0. The highest BCUT2D eigenvalue weighted by atomic mass is 17.2. The second-order valence-corrected chi connectivity index (χ2v) is 6.29. The summed E-state index contributed by atoms with van der Waals surface area (Å²) in [7, 11) is 0. The Morgan fingerprint density at radius 2 is 0.917 bits per heavy atom. The molecule has 0 aromatic heterocycles. The van der Waals surface area contributed by atoms with E-state index in [9.17, 15) is 9.59 Å². The van der Waals surface area contributed by atoms with Gasteiger partial charge in [0.25, 0.3) is 0 Å². The van der Waals surface area contributed by atoms with E-state index in [4.69, 9.17) is 0 Å². The van der Waals surface area contributed by atoms with Crippen molar-refractivity contribution in [3.63, 3.8) is 0 Å². The number of carbonyl (C=O) groups is 2. The maximum Gasteiger partial charge on any atom is 0.386 e. The van der Waals surface area contributed by atoms with Crippen molar-refractivity contribution in [2.75, 3.05) is 0 Å². The number of benzene rings is 2. The Labute approximate surface area is 142 Å². The van der Waals surface area contributed by atoms with E-state index >= 15 is 0 Å². The molecule has 126 valence electrons. The zero-order valence-electron chi connectivity index (χ0n) is 14.4. The van der Waals surface area contributed by atoms with Crippen LogP contribution in [0.2, 0.25) is 0 Å². The Morgan fingerprint density at radius 1 is 0.625 bits per heavy atom. The Balaban J connectivity index is 1.94. The van der Waals surface area contributed by atoms with Crippen molar-refractivity contribution in [3.8, 4) is 0 Å². The summed E-state index contributed by atoms with van der Waals surface area (Å²) in [5.74, 6) is -0.640. The maximum absolute atomic E-state index is 11.9. The highest BCUT2D eigenvalue weighted by Crippen LogP contribution is 2.17. The van der Waals surface area contributed by atoms with Gasteiger partial charge in [0.15, 0.2) is 0 Å². The molecule has 0 spiro atoms. The van der Waals surface area contributed by atoms with E-state index in [1.165, 1.54) is 0 Å². The van der Waals surface area contributed by atoms with E-state index in [1.54, 1.807) is 24.3 Å². The van der Waals surface area contributed by atoms with Crippen LogP contribution in [0.25, 0.3) is 0 Å². The third kappa shape index (κ3) is 4.44. The predicted octanol–water partition coefficient (Wildman–Crippen LogP) is 4.86. The van der Waals surface area contributed by atoms with Crippen molar-refractivity contribution >= 4 is 11.9 Å². The van der Waals surface area contributed by atoms with Gasteiger partial charge in [0.1, 0.15) is 0 Å². The molecule has 0 aliphatic heterocycles. The molecular weight excluding hydrogens is 304 g/mol. The first-order valence-corrected chi connectivity index (χ1v) is 8.01. The summed E-state index contributed by atoms with van der Waals surface area (Å²) in [5.41, 5.74) is 2.91. The molecule has 0 radical (unpaired) electrons. The first-order valence-electron chi connectivity index (χ1n) is 8.01. The lowest BCUT2D eigenvalue weighted by molar-refractivity contribution is -0.187. The molecule has 0 saturated heterocycles. The van der Waals surface area contributed by atoms with E-state index in [1.807, 2.05) is 24.3 Å². The van der Waals surface area contributed by atoms with Crippen LogP contribution in [0.15, 0.2) is 48.5 Å². The normalized spacial score (nSPS) is 10.8. The minimum absolute atomic E-state index is 0.336. The first-order chi connectivity index (χ1) is 11.4. The summed E-state index contributed by atoms with van der Waals surface area (Å²) < 4.78 is 0. The summed E-state index contributed by atoms with van der Waals surface area (Å²) in [6.45, 7) is 8.28. The fourth-order valence-electron chi connectivity index (χ4n) is 2.18. The van der Waals surface area contributed by atoms with Gasteiger partial charge in [-0.2, -0.15) is 0 Å². The molecule has 0 N–H and O–H groups in total. The van der Waals surface area contributed by atoms with Crippen LogP contribution in [0.5, 0.6) is 0 Å². The molecule has 0 heterocycles. The number of hydrogen-bond donors (Lipinski definition) is 0. The molecule has 0 unspecified atom stereocenters. The standard InChI is InChI=1S/C20H22O4/c1-13(2)15-5-9-17(10-6-15)19(21)23-24-20(22)18-11-7-16(8-12-18)14(3)4/h5-14H,1-4H3. The smallest absolute Gasteiger partial charge is 0.242 e. The largest absolute Gasteiger partial charge is 0.386 e. The van der Waals surface area contributed by atoms with Crippen LogP contribution in [-0.4, -0.2) is 11.9 Å². The van der Waals surface area contributed by atoms with E-state index in [-0.39, 0.29) is 0 Å². The molecular formula is C20H22O4. The number of rotatable bonds is 4. The van der Waals surface area contributed by atoms with Crippen LogP contribution < -0.4 is 0 Å². The van der Waals surface area contributed by atoms with Crippen molar-refractivity contribution in [1.82, 2.24) is 0 Å². The molecule has 2 aromatic rings. The third-order valence-corrected chi connectivity index (χ3v) is 3.82. The van der Waals surface area contributed by atoms with Gasteiger partial charge in [-0.05, 0) is 47.2 Å². The van der Waals surface area contributed by atoms with Crippen LogP contribution in [0.1, 0.15) is 71.4 Å². The Kier molecular flexibility index (Phi) is 5.74. The number of hydrogen-bond acceptors (Lipinski definition) is 4. The highest BCUT2D eigenvalue weighted by Gasteiger charge is 2.14. The molecule has 0 bridgehead atoms. The van der Waals surface area contributed by atoms with E-state index in [2.05, 4.69) is 37.5 Å². The van der Waals surface area contributed by atoms with E-state index in [0.29, 0.717) is 23.0 Å². The molecule has 4 nitrogen and oxygen atoms in total.